The average molecular weight is 440 g/mol. The van der Waals surface area contributed by atoms with Crippen molar-refractivity contribution in [2.45, 2.75) is 18.9 Å². The standard InChI is InChI=1S/C21H22N4O4.CH2O2/c1-27-17-7-6-14(19(28-2)20(17)29-3)15-9-18(26)24-21-16(15)11-23-25(21)12-13-5-4-8-22-10-13;2-1-3/h4-8,10-11,15H,9,12H2,1-3H3,(H,24,26);1H,(H,2,3). The van der Waals surface area contributed by atoms with Gasteiger partial charge in [0.2, 0.25) is 11.7 Å². The summed E-state index contributed by atoms with van der Waals surface area (Å²) in [5.74, 6) is 2.02. The van der Waals surface area contributed by atoms with Gasteiger partial charge in [-0.05, 0) is 17.7 Å². The smallest absolute Gasteiger partial charge is 0.290 e. The van der Waals surface area contributed by atoms with Gasteiger partial charge in [0.05, 0.1) is 34.1 Å². The number of aromatic nitrogens is 3. The van der Waals surface area contributed by atoms with Crippen LogP contribution in [0.2, 0.25) is 0 Å². The number of nitrogens with zero attached hydrogens (tertiary/aromatic N) is 3. The van der Waals surface area contributed by atoms with Crippen LogP contribution in [-0.4, -0.2) is 53.6 Å². The van der Waals surface area contributed by atoms with Gasteiger partial charge >= 0.3 is 0 Å². The topological polar surface area (TPSA) is 125 Å². The molecule has 168 valence electrons. The molecule has 0 saturated heterocycles. The number of hydrogen-bond donors (Lipinski definition) is 2. The minimum Gasteiger partial charge on any atom is -0.493 e. The number of methoxy groups -OCH3 is 3. The molecule has 0 fully saturated rings. The van der Waals surface area contributed by atoms with Gasteiger partial charge in [-0.25, -0.2) is 4.68 Å². The van der Waals surface area contributed by atoms with E-state index in [2.05, 4.69) is 15.4 Å². The van der Waals surface area contributed by atoms with Gasteiger partial charge in [-0.3, -0.25) is 14.6 Å². The fourth-order valence-corrected chi connectivity index (χ4v) is 3.73. The summed E-state index contributed by atoms with van der Waals surface area (Å²) in [6, 6.07) is 7.58. The van der Waals surface area contributed by atoms with Gasteiger partial charge in [-0.1, -0.05) is 12.1 Å². The van der Waals surface area contributed by atoms with Crippen molar-refractivity contribution < 1.29 is 28.9 Å². The number of anilines is 1. The van der Waals surface area contributed by atoms with E-state index in [1.807, 2.05) is 24.3 Å². The molecule has 10 nitrogen and oxygen atoms in total. The highest BCUT2D eigenvalue weighted by atomic mass is 16.5. The van der Waals surface area contributed by atoms with Gasteiger partial charge in [-0.2, -0.15) is 5.10 Å². The molecule has 1 amide bonds. The molecule has 10 heteroatoms. The van der Waals surface area contributed by atoms with Crippen molar-refractivity contribution in [2.75, 3.05) is 26.6 Å². The summed E-state index contributed by atoms with van der Waals surface area (Å²) in [5.41, 5.74) is 2.78. The summed E-state index contributed by atoms with van der Waals surface area (Å²) < 4.78 is 18.3. The molecule has 4 rings (SSSR count). The summed E-state index contributed by atoms with van der Waals surface area (Å²) in [5, 5.41) is 14.4. The van der Waals surface area contributed by atoms with Gasteiger partial charge in [0, 0.05) is 35.9 Å². The second-order valence-electron chi connectivity index (χ2n) is 6.80. The first-order chi connectivity index (χ1) is 15.6. The predicted octanol–water partition coefficient (Wildman–Crippen LogP) is 2.53. The molecule has 3 aromatic rings. The zero-order chi connectivity index (χ0) is 23.1. The molecule has 1 unspecified atom stereocenters. The lowest BCUT2D eigenvalue weighted by Crippen LogP contribution is -2.25. The molecule has 0 aliphatic carbocycles. The highest BCUT2D eigenvalue weighted by Gasteiger charge is 2.33. The Morgan fingerprint density at radius 1 is 1.12 bits per heavy atom. The quantitative estimate of drug-likeness (QED) is 0.560. The Morgan fingerprint density at radius 2 is 1.88 bits per heavy atom. The third-order valence-electron chi connectivity index (χ3n) is 5.06. The maximum absolute atomic E-state index is 12.5. The van der Waals surface area contributed by atoms with Crippen molar-refractivity contribution in [1.29, 1.82) is 0 Å². The summed E-state index contributed by atoms with van der Waals surface area (Å²) in [4.78, 5) is 25.0. The number of fused-ring (bicyclic) bond motifs is 1. The van der Waals surface area contributed by atoms with E-state index in [0.717, 1.165) is 16.7 Å². The second kappa shape index (κ2) is 10.3. The van der Waals surface area contributed by atoms with E-state index in [0.29, 0.717) is 29.6 Å². The van der Waals surface area contributed by atoms with Crippen molar-refractivity contribution in [2.24, 2.45) is 0 Å². The van der Waals surface area contributed by atoms with Crippen LogP contribution in [0.5, 0.6) is 17.2 Å². The van der Waals surface area contributed by atoms with Gasteiger partial charge in [0.25, 0.3) is 6.47 Å². The Morgan fingerprint density at radius 3 is 2.50 bits per heavy atom. The monoisotopic (exact) mass is 440 g/mol. The fraction of sp³-hybridized carbons (Fsp3) is 0.273. The number of rotatable bonds is 6. The molecular formula is C22H24N4O6. The third kappa shape index (κ3) is 4.48. The lowest BCUT2D eigenvalue weighted by Gasteiger charge is -2.26. The minimum atomic E-state index is -0.250. The molecule has 0 spiro atoms. The van der Waals surface area contributed by atoms with Crippen LogP contribution < -0.4 is 19.5 Å². The lowest BCUT2D eigenvalue weighted by atomic mass is 9.86. The Labute approximate surface area is 184 Å². The van der Waals surface area contributed by atoms with Crippen LogP contribution in [0.1, 0.15) is 29.0 Å². The highest BCUT2D eigenvalue weighted by Crippen LogP contribution is 2.47. The van der Waals surface area contributed by atoms with E-state index in [1.165, 1.54) is 0 Å². The van der Waals surface area contributed by atoms with E-state index in [1.54, 1.807) is 44.6 Å². The number of pyridine rings is 1. The number of benzene rings is 1. The second-order valence-corrected chi connectivity index (χ2v) is 6.80. The maximum atomic E-state index is 12.5. The van der Waals surface area contributed by atoms with Crippen molar-refractivity contribution in [1.82, 2.24) is 14.8 Å². The summed E-state index contributed by atoms with van der Waals surface area (Å²) in [6.45, 7) is 0.263. The van der Waals surface area contributed by atoms with Crippen molar-refractivity contribution >= 4 is 18.2 Å². The van der Waals surface area contributed by atoms with Gasteiger partial charge in [-0.15, -0.1) is 0 Å². The largest absolute Gasteiger partial charge is 0.493 e. The summed E-state index contributed by atoms with van der Waals surface area (Å²) >= 11 is 0. The third-order valence-corrected chi connectivity index (χ3v) is 5.06. The number of carbonyl (C=O) groups is 2. The number of hydrogen-bond acceptors (Lipinski definition) is 7. The van der Waals surface area contributed by atoms with E-state index in [9.17, 15) is 4.79 Å². The predicted molar refractivity (Wildman–Crippen MR) is 115 cm³/mol. The number of amides is 1. The Balaban J connectivity index is 0.000000913. The zero-order valence-corrected chi connectivity index (χ0v) is 17.9. The Bertz CT molecular complexity index is 1080. The molecule has 1 aliphatic rings. The number of nitrogens with one attached hydrogen (secondary N) is 1. The highest BCUT2D eigenvalue weighted by molar-refractivity contribution is 5.94. The van der Waals surface area contributed by atoms with E-state index in [4.69, 9.17) is 24.1 Å². The van der Waals surface area contributed by atoms with E-state index < -0.39 is 0 Å². The molecule has 2 aromatic heterocycles. The Kier molecular flexibility index (Phi) is 7.27. The fourth-order valence-electron chi connectivity index (χ4n) is 3.73. The first kappa shape index (κ1) is 22.6. The number of carboxylic acid groups (broad SMARTS) is 1. The van der Waals surface area contributed by atoms with Crippen LogP contribution in [0.15, 0.2) is 42.9 Å². The minimum absolute atomic E-state index is 0.0766. The normalized spacial score (nSPS) is 14.3. The van der Waals surface area contributed by atoms with Crippen molar-refractivity contribution in [3.8, 4) is 17.2 Å². The van der Waals surface area contributed by atoms with E-state index in [-0.39, 0.29) is 24.7 Å². The number of carbonyl (C=O) groups excluding carboxylic acids is 1. The van der Waals surface area contributed by atoms with Crippen molar-refractivity contribution in [3.63, 3.8) is 0 Å². The van der Waals surface area contributed by atoms with Crippen LogP contribution in [0, 0.1) is 0 Å². The molecule has 3 heterocycles. The van der Waals surface area contributed by atoms with Crippen LogP contribution in [0.4, 0.5) is 5.82 Å². The van der Waals surface area contributed by atoms with Crippen molar-refractivity contribution in [3.05, 3.63) is 59.5 Å². The molecule has 1 aliphatic heterocycles. The molecule has 2 N–H and O–H groups in total. The molecule has 0 bridgehead atoms. The van der Waals surface area contributed by atoms with Gasteiger partial charge in [0.1, 0.15) is 5.82 Å². The molecule has 32 heavy (non-hydrogen) atoms. The summed E-state index contributed by atoms with van der Waals surface area (Å²) in [7, 11) is 4.72. The lowest BCUT2D eigenvalue weighted by molar-refractivity contribution is -0.123. The first-order valence-electron chi connectivity index (χ1n) is 9.69. The van der Waals surface area contributed by atoms with Crippen LogP contribution in [0.25, 0.3) is 0 Å². The Hall–Kier alpha value is -4.08. The molecule has 1 atom stereocenters. The van der Waals surface area contributed by atoms with Gasteiger partial charge < -0.3 is 24.6 Å². The molecule has 0 radical (unpaired) electrons. The molecular weight excluding hydrogens is 416 g/mol. The van der Waals surface area contributed by atoms with E-state index >= 15 is 0 Å². The molecule has 1 aromatic carbocycles. The maximum Gasteiger partial charge on any atom is 0.290 e. The summed E-state index contributed by atoms with van der Waals surface area (Å²) in [6.07, 6.45) is 5.60. The first-order valence-corrected chi connectivity index (χ1v) is 9.69. The van der Waals surface area contributed by atoms with Gasteiger partial charge in [0.15, 0.2) is 11.5 Å². The van der Waals surface area contributed by atoms with Crippen LogP contribution >= 0.6 is 0 Å². The van der Waals surface area contributed by atoms with Crippen LogP contribution in [0.3, 0.4) is 0 Å². The zero-order valence-electron chi connectivity index (χ0n) is 17.9. The van der Waals surface area contributed by atoms with Crippen LogP contribution in [-0.2, 0) is 16.1 Å². The average Bonchev–Trinajstić information content (AvgIpc) is 3.20. The molecule has 0 saturated carbocycles. The number of ether oxygens (including phenoxy) is 3. The SMILES string of the molecule is COc1ccc(C2CC(=O)Nc3c2cnn3Cc2cccnc2)c(OC)c1OC.O=CO.